The van der Waals surface area contributed by atoms with Crippen molar-refractivity contribution in [2.75, 3.05) is 13.2 Å². The van der Waals surface area contributed by atoms with Gasteiger partial charge in [0.1, 0.15) is 0 Å². The number of hydrogen-bond donors (Lipinski definition) is 0. The zero-order valence-corrected chi connectivity index (χ0v) is 15.3. The van der Waals surface area contributed by atoms with Gasteiger partial charge < -0.3 is 13.9 Å². The van der Waals surface area contributed by atoms with Crippen LogP contribution in [-0.4, -0.2) is 33.5 Å². The molecule has 0 fully saturated rings. The molecular weight excluding hydrogens is 282 g/mol. The molecule has 21 heavy (non-hydrogen) atoms. The minimum Gasteiger partial charge on any atom is -0.343 e. The van der Waals surface area contributed by atoms with Crippen molar-refractivity contribution in [3.8, 4) is 11.8 Å². The normalized spacial score (nSPS) is 14.2. The second-order valence-corrected chi connectivity index (χ2v) is 10.1. The van der Waals surface area contributed by atoms with Crippen molar-refractivity contribution in [1.29, 1.82) is 0 Å². The van der Waals surface area contributed by atoms with Crippen molar-refractivity contribution in [2.45, 2.75) is 71.7 Å². The van der Waals surface area contributed by atoms with Crippen molar-refractivity contribution in [3.63, 3.8) is 0 Å². The molecule has 0 aromatic heterocycles. The zero-order chi connectivity index (χ0) is 16.4. The third-order valence-corrected chi connectivity index (χ3v) is 3.43. The average molecular weight is 311 g/mol. The SMILES string of the molecule is [C-]#[N+]C(C#CCCCC)(O[Si](C)(C)C)C(OCC)OCC. The second kappa shape index (κ2) is 9.97. The van der Waals surface area contributed by atoms with Crippen LogP contribution in [0.1, 0.15) is 40.0 Å². The molecule has 0 spiro atoms. The summed E-state index contributed by atoms with van der Waals surface area (Å²) in [7, 11) is -1.98. The number of unbranched alkanes of at least 4 members (excludes halogenated alkanes) is 2. The van der Waals surface area contributed by atoms with Gasteiger partial charge in [0, 0.05) is 25.6 Å². The molecule has 0 aliphatic carbocycles. The van der Waals surface area contributed by atoms with Gasteiger partial charge in [-0.2, -0.15) is 0 Å². The maximum atomic E-state index is 7.62. The first kappa shape index (κ1) is 20.1. The molecule has 0 aliphatic heterocycles. The van der Waals surface area contributed by atoms with Gasteiger partial charge in [0.05, 0.1) is 0 Å². The number of ether oxygens (including phenoxy) is 2. The molecule has 4 nitrogen and oxygen atoms in total. The molecule has 0 aromatic carbocycles. The molecule has 0 amide bonds. The molecule has 0 saturated carbocycles. The quantitative estimate of drug-likeness (QED) is 0.212. The van der Waals surface area contributed by atoms with Crippen LogP contribution >= 0.6 is 0 Å². The first-order chi connectivity index (χ1) is 9.85. The fourth-order valence-corrected chi connectivity index (χ4v) is 2.86. The summed E-state index contributed by atoms with van der Waals surface area (Å²) in [5.74, 6) is 6.07. The molecule has 0 aromatic rings. The van der Waals surface area contributed by atoms with Gasteiger partial charge in [-0.3, -0.25) is 4.85 Å². The van der Waals surface area contributed by atoms with E-state index in [1.807, 2.05) is 33.5 Å². The first-order valence-electron chi connectivity index (χ1n) is 7.67. The highest BCUT2D eigenvalue weighted by atomic mass is 28.4. The fraction of sp³-hybridized carbons (Fsp3) is 0.812. The highest BCUT2D eigenvalue weighted by Gasteiger charge is 2.51. The molecule has 0 N–H and O–H groups in total. The van der Waals surface area contributed by atoms with E-state index >= 15 is 0 Å². The molecular formula is C16H29NO3Si. The molecule has 120 valence electrons. The summed E-state index contributed by atoms with van der Waals surface area (Å²) in [6, 6.07) is 0. The summed E-state index contributed by atoms with van der Waals surface area (Å²) in [5.41, 5.74) is -1.36. The molecule has 0 bridgehead atoms. The lowest BCUT2D eigenvalue weighted by molar-refractivity contribution is -0.194. The smallest absolute Gasteiger partial charge is 0.343 e. The Balaban J connectivity index is 5.44. The van der Waals surface area contributed by atoms with E-state index in [0.717, 1.165) is 19.3 Å². The predicted molar refractivity (Wildman–Crippen MR) is 88.1 cm³/mol. The standard InChI is InChI=1S/C16H29NO3Si/c1-8-11-12-13-14-16(17-4,20-21(5,6)7)15(18-9-2)19-10-3/h15H,8-12H2,1-3,5-7H3. The Morgan fingerprint density at radius 1 is 1.14 bits per heavy atom. The van der Waals surface area contributed by atoms with E-state index in [2.05, 4.69) is 23.6 Å². The molecule has 0 heterocycles. The van der Waals surface area contributed by atoms with E-state index in [0.29, 0.717) is 13.2 Å². The highest BCUT2D eigenvalue weighted by Crippen LogP contribution is 2.26. The van der Waals surface area contributed by atoms with Crippen LogP contribution in [0.3, 0.4) is 0 Å². The molecule has 0 radical (unpaired) electrons. The van der Waals surface area contributed by atoms with Crippen LogP contribution < -0.4 is 0 Å². The monoisotopic (exact) mass is 311 g/mol. The second-order valence-electron chi connectivity index (χ2n) is 5.67. The van der Waals surface area contributed by atoms with E-state index in [9.17, 15) is 0 Å². The Morgan fingerprint density at radius 2 is 1.71 bits per heavy atom. The van der Waals surface area contributed by atoms with Crippen molar-refractivity contribution < 1.29 is 13.9 Å². The van der Waals surface area contributed by atoms with Gasteiger partial charge in [-0.25, -0.2) is 6.57 Å². The first-order valence-corrected chi connectivity index (χ1v) is 11.1. The molecule has 0 aliphatic rings. The van der Waals surface area contributed by atoms with Gasteiger partial charge in [0.2, 0.25) is 0 Å². The summed E-state index contributed by atoms with van der Waals surface area (Å²) in [4.78, 5) is 3.68. The summed E-state index contributed by atoms with van der Waals surface area (Å²) < 4.78 is 17.3. The van der Waals surface area contributed by atoms with Crippen LogP contribution in [-0.2, 0) is 13.9 Å². The van der Waals surface area contributed by atoms with Crippen LogP contribution in [0.4, 0.5) is 0 Å². The van der Waals surface area contributed by atoms with Crippen LogP contribution in [0.2, 0.25) is 19.6 Å². The van der Waals surface area contributed by atoms with Gasteiger partial charge >= 0.3 is 5.72 Å². The number of nitrogens with zero attached hydrogens (tertiary/aromatic N) is 1. The lowest BCUT2D eigenvalue weighted by atomic mass is 10.2. The molecule has 1 unspecified atom stereocenters. The average Bonchev–Trinajstić information content (AvgIpc) is 2.41. The Morgan fingerprint density at radius 3 is 2.10 bits per heavy atom. The minimum atomic E-state index is -1.98. The third kappa shape index (κ3) is 7.64. The van der Waals surface area contributed by atoms with Gasteiger partial charge in [-0.05, 0) is 39.9 Å². The van der Waals surface area contributed by atoms with Crippen molar-refractivity contribution in [3.05, 3.63) is 11.4 Å². The van der Waals surface area contributed by atoms with Crippen LogP contribution in [0.25, 0.3) is 4.85 Å². The number of rotatable bonds is 9. The van der Waals surface area contributed by atoms with Gasteiger partial charge in [0.25, 0.3) is 6.29 Å². The van der Waals surface area contributed by atoms with Crippen LogP contribution in [0.5, 0.6) is 0 Å². The van der Waals surface area contributed by atoms with Crippen molar-refractivity contribution in [1.82, 2.24) is 0 Å². The van der Waals surface area contributed by atoms with Crippen LogP contribution in [0, 0.1) is 18.4 Å². The van der Waals surface area contributed by atoms with E-state index in [-0.39, 0.29) is 0 Å². The summed E-state index contributed by atoms with van der Waals surface area (Å²) in [5, 5.41) is 0. The zero-order valence-electron chi connectivity index (χ0n) is 14.3. The Bertz CT molecular complexity index is 383. The topological polar surface area (TPSA) is 32.0 Å². The number of hydrogen-bond acceptors (Lipinski definition) is 3. The van der Waals surface area contributed by atoms with E-state index in [1.54, 1.807) is 0 Å². The van der Waals surface area contributed by atoms with Gasteiger partial charge in [0.15, 0.2) is 8.32 Å². The summed E-state index contributed by atoms with van der Waals surface area (Å²) >= 11 is 0. The Hall–Kier alpha value is -0.853. The minimum absolute atomic E-state index is 0.452. The molecule has 1 atom stereocenters. The Labute approximate surface area is 131 Å². The predicted octanol–water partition coefficient (Wildman–Crippen LogP) is 4.05. The molecule has 5 heteroatoms. The largest absolute Gasteiger partial charge is 0.443 e. The van der Waals surface area contributed by atoms with Crippen LogP contribution in [0.15, 0.2) is 0 Å². The Kier molecular flexibility index (Phi) is 9.57. The molecule has 0 saturated heterocycles. The van der Waals surface area contributed by atoms with Crippen molar-refractivity contribution in [2.24, 2.45) is 0 Å². The van der Waals surface area contributed by atoms with Gasteiger partial charge in [-0.15, -0.1) is 0 Å². The maximum absolute atomic E-state index is 7.62. The fourth-order valence-electron chi connectivity index (χ4n) is 1.73. The molecule has 0 rings (SSSR count). The van der Waals surface area contributed by atoms with Crippen molar-refractivity contribution >= 4 is 8.32 Å². The van der Waals surface area contributed by atoms with E-state index in [4.69, 9.17) is 20.5 Å². The third-order valence-electron chi connectivity index (χ3n) is 2.51. The maximum Gasteiger partial charge on any atom is 0.443 e. The summed E-state index contributed by atoms with van der Waals surface area (Å²) in [6.45, 7) is 20.5. The van der Waals surface area contributed by atoms with E-state index in [1.165, 1.54) is 0 Å². The lowest BCUT2D eigenvalue weighted by Crippen LogP contribution is -2.50. The van der Waals surface area contributed by atoms with E-state index < -0.39 is 20.3 Å². The summed E-state index contributed by atoms with van der Waals surface area (Å²) in [6.07, 6.45) is 2.08. The lowest BCUT2D eigenvalue weighted by Gasteiger charge is -2.30. The van der Waals surface area contributed by atoms with Gasteiger partial charge in [-0.1, -0.05) is 19.3 Å². The highest BCUT2D eigenvalue weighted by molar-refractivity contribution is 6.69.